The zero-order chi connectivity index (χ0) is 15.0. The third-order valence-corrected chi connectivity index (χ3v) is 3.61. The van der Waals surface area contributed by atoms with Crippen LogP contribution in [0, 0.1) is 6.92 Å². The molecule has 2 aromatic rings. The summed E-state index contributed by atoms with van der Waals surface area (Å²) in [7, 11) is 1.86. The molecule has 0 fully saturated rings. The normalized spacial score (nSPS) is 13.9. The van der Waals surface area contributed by atoms with Crippen molar-refractivity contribution >= 4 is 23.7 Å². The number of pyridine rings is 1. The number of anilines is 2. The minimum Gasteiger partial charge on any atom is -0.478 e. The Labute approximate surface area is 122 Å². The third kappa shape index (κ3) is 2.29. The molecule has 1 N–H and O–H groups in total. The van der Waals surface area contributed by atoms with Gasteiger partial charge in [-0.05, 0) is 31.1 Å². The molecule has 1 aliphatic heterocycles. The fourth-order valence-electron chi connectivity index (χ4n) is 2.75. The maximum atomic E-state index is 10.8. The number of aromatic nitrogens is 3. The minimum absolute atomic E-state index is 0.800. The van der Waals surface area contributed by atoms with Crippen molar-refractivity contribution < 1.29 is 9.90 Å². The van der Waals surface area contributed by atoms with Crippen molar-refractivity contribution in [1.29, 1.82) is 0 Å². The van der Waals surface area contributed by atoms with Crippen LogP contribution in [0.4, 0.5) is 11.6 Å². The highest BCUT2D eigenvalue weighted by Crippen LogP contribution is 2.35. The zero-order valence-corrected chi connectivity index (χ0v) is 11.9. The topological polar surface area (TPSA) is 71.2 Å². The molecule has 0 saturated carbocycles. The van der Waals surface area contributed by atoms with Crippen LogP contribution >= 0.6 is 0 Å². The number of aliphatic carboxylic acids is 1. The first-order chi connectivity index (χ1) is 10.1. The second-order valence-corrected chi connectivity index (χ2v) is 5.01. The van der Waals surface area contributed by atoms with Crippen LogP contribution in [0.2, 0.25) is 0 Å². The van der Waals surface area contributed by atoms with Gasteiger partial charge in [0.2, 0.25) is 0 Å². The summed E-state index contributed by atoms with van der Waals surface area (Å²) in [4.78, 5) is 17.3. The van der Waals surface area contributed by atoms with Crippen LogP contribution in [0.25, 0.3) is 6.08 Å². The Morgan fingerprint density at radius 2 is 2.29 bits per heavy atom. The van der Waals surface area contributed by atoms with Crippen LogP contribution in [-0.2, 0) is 18.3 Å². The van der Waals surface area contributed by atoms with Gasteiger partial charge in [-0.15, -0.1) is 0 Å². The largest absolute Gasteiger partial charge is 0.478 e. The maximum absolute atomic E-state index is 10.8. The molecule has 2 aromatic heterocycles. The Kier molecular flexibility index (Phi) is 3.21. The second-order valence-electron chi connectivity index (χ2n) is 5.01. The predicted octanol–water partition coefficient (Wildman–Crippen LogP) is 1.92. The molecule has 0 aliphatic carbocycles. The fraction of sp³-hybridized carbons (Fsp3) is 0.267. The maximum Gasteiger partial charge on any atom is 0.328 e. The van der Waals surface area contributed by atoms with E-state index in [1.165, 1.54) is 5.56 Å². The predicted molar refractivity (Wildman–Crippen MR) is 79.6 cm³/mol. The van der Waals surface area contributed by atoms with Gasteiger partial charge in [-0.3, -0.25) is 4.68 Å². The van der Waals surface area contributed by atoms with Gasteiger partial charge in [0.1, 0.15) is 11.6 Å². The Bertz CT molecular complexity index is 733. The van der Waals surface area contributed by atoms with Gasteiger partial charge in [0.15, 0.2) is 0 Å². The molecule has 0 unspecified atom stereocenters. The monoisotopic (exact) mass is 284 g/mol. The molecular formula is C15H16N4O2. The number of carbonyl (C=O) groups is 1. The molecule has 0 atom stereocenters. The Balaban J connectivity index is 2.09. The van der Waals surface area contributed by atoms with E-state index < -0.39 is 5.97 Å². The lowest BCUT2D eigenvalue weighted by atomic mass is 10.2. The molecule has 0 amide bonds. The van der Waals surface area contributed by atoms with E-state index in [0.717, 1.165) is 41.9 Å². The van der Waals surface area contributed by atoms with Gasteiger partial charge in [0.05, 0.1) is 5.69 Å². The van der Waals surface area contributed by atoms with E-state index in [1.807, 2.05) is 20.0 Å². The van der Waals surface area contributed by atoms with Crippen molar-refractivity contribution in [3.05, 3.63) is 41.2 Å². The molecule has 1 aliphatic rings. The SMILES string of the molecule is Cc1nn(C)c(N2CCc3cccnc32)c1C=CC(=O)O. The lowest BCUT2D eigenvalue weighted by Gasteiger charge is -2.19. The molecule has 6 nitrogen and oxygen atoms in total. The summed E-state index contributed by atoms with van der Waals surface area (Å²) >= 11 is 0. The number of aryl methyl sites for hydroxylation is 2. The Morgan fingerprint density at radius 3 is 3.05 bits per heavy atom. The van der Waals surface area contributed by atoms with Gasteiger partial charge in [-0.2, -0.15) is 5.10 Å². The average Bonchev–Trinajstić information content (AvgIpc) is 2.97. The summed E-state index contributed by atoms with van der Waals surface area (Å²) in [5.74, 6) is 0.831. The van der Waals surface area contributed by atoms with Gasteiger partial charge >= 0.3 is 5.97 Å². The highest BCUT2D eigenvalue weighted by molar-refractivity contribution is 5.87. The number of carboxylic acid groups (broad SMARTS) is 1. The van der Waals surface area contributed by atoms with Gasteiger partial charge in [0.25, 0.3) is 0 Å². The summed E-state index contributed by atoms with van der Waals surface area (Å²) in [5, 5.41) is 13.3. The molecule has 0 spiro atoms. The van der Waals surface area contributed by atoms with Crippen LogP contribution in [0.3, 0.4) is 0 Å². The Hall–Kier alpha value is -2.63. The number of hydrogen-bond acceptors (Lipinski definition) is 4. The lowest BCUT2D eigenvalue weighted by molar-refractivity contribution is -0.131. The molecule has 0 radical (unpaired) electrons. The molecular weight excluding hydrogens is 268 g/mol. The van der Waals surface area contributed by atoms with Gasteiger partial charge in [-0.25, -0.2) is 9.78 Å². The van der Waals surface area contributed by atoms with Crippen molar-refractivity contribution in [3.63, 3.8) is 0 Å². The third-order valence-electron chi connectivity index (χ3n) is 3.61. The highest BCUT2D eigenvalue weighted by Gasteiger charge is 2.26. The Morgan fingerprint density at radius 1 is 1.48 bits per heavy atom. The molecule has 0 saturated heterocycles. The van der Waals surface area contributed by atoms with Crippen molar-refractivity contribution in [3.8, 4) is 0 Å². The first kappa shape index (κ1) is 13.4. The number of hydrogen-bond donors (Lipinski definition) is 1. The number of nitrogens with zero attached hydrogens (tertiary/aromatic N) is 4. The zero-order valence-electron chi connectivity index (χ0n) is 11.9. The standard InChI is InChI=1S/C15H16N4O2/c1-10-12(5-6-13(20)21)15(18(2)17-10)19-9-7-11-4-3-8-16-14(11)19/h3-6,8H,7,9H2,1-2H3,(H,20,21). The average molecular weight is 284 g/mol. The molecule has 6 heteroatoms. The number of rotatable bonds is 3. The fourth-order valence-corrected chi connectivity index (χ4v) is 2.75. The van der Waals surface area contributed by atoms with E-state index >= 15 is 0 Å². The van der Waals surface area contributed by atoms with Crippen molar-refractivity contribution in [2.24, 2.45) is 7.05 Å². The van der Waals surface area contributed by atoms with E-state index in [2.05, 4.69) is 21.0 Å². The van der Waals surface area contributed by atoms with Crippen molar-refractivity contribution in [2.45, 2.75) is 13.3 Å². The van der Waals surface area contributed by atoms with Crippen molar-refractivity contribution in [1.82, 2.24) is 14.8 Å². The highest BCUT2D eigenvalue weighted by atomic mass is 16.4. The van der Waals surface area contributed by atoms with E-state index in [0.29, 0.717) is 0 Å². The molecule has 0 aromatic carbocycles. The summed E-state index contributed by atoms with van der Waals surface area (Å²) in [5.41, 5.74) is 2.82. The van der Waals surface area contributed by atoms with Gasteiger partial charge < -0.3 is 10.0 Å². The minimum atomic E-state index is -0.968. The first-order valence-electron chi connectivity index (χ1n) is 6.74. The van der Waals surface area contributed by atoms with Crippen LogP contribution in [0.1, 0.15) is 16.8 Å². The lowest BCUT2D eigenvalue weighted by Crippen LogP contribution is -2.18. The summed E-state index contributed by atoms with van der Waals surface area (Å²) in [6.45, 7) is 2.69. The van der Waals surface area contributed by atoms with Gasteiger partial charge in [0, 0.05) is 31.4 Å². The van der Waals surface area contributed by atoms with Crippen LogP contribution in [0.15, 0.2) is 24.4 Å². The number of carboxylic acids is 1. The number of fused-ring (bicyclic) bond motifs is 1. The summed E-state index contributed by atoms with van der Waals surface area (Å²) < 4.78 is 1.78. The smallest absolute Gasteiger partial charge is 0.328 e. The first-order valence-corrected chi connectivity index (χ1v) is 6.74. The molecule has 3 heterocycles. The van der Waals surface area contributed by atoms with E-state index in [-0.39, 0.29) is 0 Å². The summed E-state index contributed by atoms with van der Waals surface area (Å²) in [6.07, 6.45) is 5.44. The molecule has 3 rings (SSSR count). The molecule has 21 heavy (non-hydrogen) atoms. The molecule has 108 valence electrons. The van der Waals surface area contributed by atoms with E-state index in [9.17, 15) is 4.79 Å². The van der Waals surface area contributed by atoms with Gasteiger partial charge in [-0.1, -0.05) is 6.07 Å². The quantitative estimate of drug-likeness (QED) is 0.872. The van der Waals surface area contributed by atoms with Crippen molar-refractivity contribution in [2.75, 3.05) is 11.4 Å². The van der Waals surface area contributed by atoms with Crippen LogP contribution in [0.5, 0.6) is 0 Å². The van der Waals surface area contributed by atoms with Crippen LogP contribution in [-0.4, -0.2) is 32.4 Å². The second kappa shape index (κ2) is 5.05. The van der Waals surface area contributed by atoms with E-state index in [1.54, 1.807) is 17.0 Å². The van der Waals surface area contributed by atoms with E-state index in [4.69, 9.17) is 5.11 Å². The molecule has 0 bridgehead atoms. The summed E-state index contributed by atoms with van der Waals surface area (Å²) in [6, 6.07) is 4.00. The van der Waals surface area contributed by atoms with Crippen LogP contribution < -0.4 is 4.90 Å².